The molecule has 2 aliphatic rings. The van der Waals surface area contributed by atoms with Gasteiger partial charge in [0.05, 0.1) is 25.9 Å². The molecule has 2 rings (SSSR count). The molecule has 1 amide bonds. The molecule has 12 N–H and O–H groups in total. The largest absolute Gasteiger partial charge is 0.478 e. The molecule has 2 saturated heterocycles. The van der Waals surface area contributed by atoms with Crippen LogP contribution in [0, 0.1) is 0 Å². The molecule has 2 unspecified atom stereocenters. The number of aliphatic hydroxyl groups excluding tert-OH is 8. The van der Waals surface area contributed by atoms with E-state index in [2.05, 4.69) is 0 Å². The number of carboxylic acids is 1. The summed E-state index contributed by atoms with van der Waals surface area (Å²) in [4.78, 5) is 38.1. The fraction of sp³-hybridized carbons (Fsp3) is 0.842. The lowest BCUT2D eigenvalue weighted by atomic mass is 9.82. The number of hydrogen-bond acceptors (Lipinski definition) is 15. The fourth-order valence-corrected chi connectivity index (χ4v) is 4.57. The quantitative estimate of drug-likeness (QED) is 0.124. The summed E-state index contributed by atoms with van der Waals surface area (Å²) < 4.78 is 11.0. The van der Waals surface area contributed by atoms with Gasteiger partial charge in [0.2, 0.25) is 17.3 Å². The van der Waals surface area contributed by atoms with Crippen molar-refractivity contribution in [1.29, 1.82) is 0 Å². The fourth-order valence-electron chi connectivity index (χ4n) is 4.57. The van der Waals surface area contributed by atoms with Crippen molar-refractivity contribution in [2.75, 3.05) is 19.8 Å². The van der Waals surface area contributed by atoms with Gasteiger partial charge >= 0.3 is 5.97 Å². The Morgan fingerprint density at radius 1 is 0.917 bits per heavy atom. The van der Waals surface area contributed by atoms with Crippen LogP contribution < -0.4 is 11.1 Å². The predicted octanol–water partition coefficient (Wildman–Crippen LogP) is -7.28. The molecule has 17 heteroatoms. The van der Waals surface area contributed by atoms with Crippen LogP contribution in [0.15, 0.2) is 0 Å². The zero-order valence-electron chi connectivity index (χ0n) is 19.4. The molecule has 0 bridgehead atoms. The van der Waals surface area contributed by atoms with Crippen molar-refractivity contribution >= 4 is 17.7 Å². The molecule has 0 aromatic rings. The Balaban J connectivity index is 2.96. The van der Waals surface area contributed by atoms with Crippen LogP contribution in [-0.4, -0.2) is 155 Å². The molecule has 2 heterocycles. The molecular weight excluding hydrogens is 494 g/mol. The van der Waals surface area contributed by atoms with E-state index in [0.29, 0.717) is 0 Å². The monoisotopic (exact) mass is 527 g/mol. The Morgan fingerprint density at radius 2 is 1.44 bits per heavy atom. The number of ketones is 1. The number of nitrogens with two attached hydrogens (primary N) is 1. The number of rotatable bonds is 9. The van der Waals surface area contributed by atoms with E-state index in [1.54, 1.807) is 0 Å². The van der Waals surface area contributed by atoms with Crippen molar-refractivity contribution in [3.63, 3.8) is 0 Å². The second-order valence-corrected chi connectivity index (χ2v) is 8.69. The van der Waals surface area contributed by atoms with Crippen LogP contribution in [-0.2, 0) is 23.9 Å². The summed E-state index contributed by atoms with van der Waals surface area (Å²) in [5, 5.41) is 93.9. The van der Waals surface area contributed by atoms with Crippen molar-refractivity contribution in [2.45, 2.75) is 80.2 Å². The number of ether oxygens (including phenoxy) is 2. The normalized spacial score (nSPS) is 40.9. The van der Waals surface area contributed by atoms with E-state index in [0.717, 1.165) is 13.8 Å². The maximum atomic E-state index is 13.2. The highest BCUT2D eigenvalue weighted by Crippen LogP contribution is 2.41. The van der Waals surface area contributed by atoms with Gasteiger partial charge < -0.3 is 66.5 Å². The van der Waals surface area contributed by atoms with Crippen molar-refractivity contribution in [3.8, 4) is 0 Å². The second-order valence-electron chi connectivity index (χ2n) is 8.69. The van der Waals surface area contributed by atoms with Gasteiger partial charge in [0.15, 0.2) is 5.78 Å². The minimum absolute atomic E-state index is 0.247. The molecular formula is C19H33N3O14. The average Bonchev–Trinajstić information content (AvgIpc) is 2.82. The van der Waals surface area contributed by atoms with Gasteiger partial charge in [-0.1, -0.05) is 0 Å². The van der Waals surface area contributed by atoms with Gasteiger partial charge in [-0.25, -0.2) is 9.69 Å². The molecule has 2 fully saturated rings. The van der Waals surface area contributed by atoms with Gasteiger partial charge in [0, 0.05) is 6.92 Å². The maximum absolute atomic E-state index is 13.2. The van der Waals surface area contributed by atoms with Gasteiger partial charge in [-0.15, -0.1) is 0 Å². The van der Waals surface area contributed by atoms with E-state index >= 15 is 0 Å². The number of nitrogens with zero attached hydrogens (tertiary/aromatic N) is 1. The highest BCUT2D eigenvalue weighted by atomic mass is 16.6. The van der Waals surface area contributed by atoms with E-state index in [1.807, 2.05) is 5.32 Å². The van der Waals surface area contributed by atoms with Crippen LogP contribution in [0.2, 0.25) is 0 Å². The average molecular weight is 527 g/mol. The van der Waals surface area contributed by atoms with Crippen molar-refractivity contribution in [3.05, 3.63) is 0 Å². The number of carboxylic acid groups (broad SMARTS) is 1. The standard InChI is InChI=1S/C19H33N3O14/c1-6(26)19(15(20)13(31)11(29)9(4-24)36-19)22(18(5-25,17(33)34)21-7(2)27)16-14(32)12(30)10(28)8(3-23)35-16/h8-16,23-25,28-32H,3-5,20H2,1-2H3,(H,21,27)(H,33,34)/t8-,9-,10-,11-,12+,13+,14-,15-,16?,18+,19?/m1/s1. The molecule has 0 radical (unpaired) electrons. The van der Waals surface area contributed by atoms with Crippen molar-refractivity contribution in [1.82, 2.24) is 10.2 Å². The van der Waals surface area contributed by atoms with Gasteiger partial charge in [0.25, 0.3) is 0 Å². The number of hydrogen-bond donors (Lipinski definition) is 11. The Bertz CT molecular complexity index is 829. The maximum Gasteiger partial charge on any atom is 0.347 e. The highest BCUT2D eigenvalue weighted by Gasteiger charge is 2.69. The van der Waals surface area contributed by atoms with E-state index in [-0.39, 0.29) is 4.90 Å². The minimum Gasteiger partial charge on any atom is -0.478 e. The molecule has 36 heavy (non-hydrogen) atoms. The van der Waals surface area contributed by atoms with Crippen LogP contribution in [0.1, 0.15) is 13.8 Å². The molecule has 208 valence electrons. The number of nitrogens with one attached hydrogen (secondary N) is 1. The smallest absolute Gasteiger partial charge is 0.347 e. The Morgan fingerprint density at radius 3 is 1.86 bits per heavy atom. The van der Waals surface area contributed by atoms with Gasteiger partial charge in [-0.05, 0) is 6.92 Å². The number of carbonyl (C=O) groups excluding carboxylic acids is 2. The molecule has 0 aliphatic carbocycles. The van der Waals surface area contributed by atoms with Crippen molar-refractivity contribution in [2.24, 2.45) is 5.73 Å². The van der Waals surface area contributed by atoms with E-state index in [9.17, 15) is 60.3 Å². The van der Waals surface area contributed by atoms with Crippen LogP contribution >= 0.6 is 0 Å². The molecule has 2 aliphatic heterocycles. The van der Waals surface area contributed by atoms with Crippen molar-refractivity contribution < 1.29 is 69.8 Å². The second kappa shape index (κ2) is 11.3. The first-order valence-corrected chi connectivity index (χ1v) is 10.8. The summed E-state index contributed by atoms with van der Waals surface area (Å²) in [7, 11) is 0. The SMILES string of the molecule is CC(=O)N[C@](CO)(C(=O)O)N(C1O[C@H](CO)[C@@H](O)[C@H](O)[C@H]1O)C1(C(C)=O)O[C@H](CO)[C@@H](O)[C@H](O)[C@H]1N. The minimum atomic E-state index is -3.13. The highest BCUT2D eigenvalue weighted by molar-refractivity contribution is 5.90. The van der Waals surface area contributed by atoms with Crippen LogP contribution in [0.5, 0.6) is 0 Å². The zero-order valence-corrected chi connectivity index (χ0v) is 19.4. The Hall–Kier alpha value is -1.87. The lowest BCUT2D eigenvalue weighted by Gasteiger charge is -2.60. The number of Topliss-reactive ketones (excluding diaryl/α,β-unsaturated/α-hetero) is 1. The number of aliphatic hydroxyl groups is 8. The number of amides is 1. The summed E-state index contributed by atoms with van der Waals surface area (Å²) in [5.41, 5.74) is -0.0516. The topological polar surface area (TPSA) is 293 Å². The molecule has 17 nitrogen and oxygen atoms in total. The van der Waals surface area contributed by atoms with E-state index < -0.39 is 104 Å². The molecule has 0 aromatic heterocycles. The first-order chi connectivity index (χ1) is 16.7. The zero-order chi connectivity index (χ0) is 27.7. The first-order valence-electron chi connectivity index (χ1n) is 10.8. The van der Waals surface area contributed by atoms with Crippen LogP contribution in [0.4, 0.5) is 0 Å². The summed E-state index contributed by atoms with van der Waals surface area (Å²) in [6.45, 7) is -1.94. The van der Waals surface area contributed by atoms with Crippen LogP contribution in [0.3, 0.4) is 0 Å². The third-order valence-electron chi connectivity index (χ3n) is 6.42. The van der Waals surface area contributed by atoms with Gasteiger partial charge in [0.1, 0.15) is 49.0 Å². The third-order valence-corrected chi connectivity index (χ3v) is 6.42. The molecule has 11 atom stereocenters. The van der Waals surface area contributed by atoms with E-state index in [1.165, 1.54) is 0 Å². The molecule has 0 spiro atoms. The first kappa shape index (κ1) is 30.4. The van der Waals surface area contributed by atoms with Gasteiger partial charge in [-0.3, -0.25) is 9.59 Å². The van der Waals surface area contributed by atoms with Gasteiger partial charge in [-0.2, -0.15) is 0 Å². The summed E-state index contributed by atoms with van der Waals surface area (Å²) in [5.74, 6) is -4.36. The van der Waals surface area contributed by atoms with E-state index in [4.69, 9.17) is 15.2 Å². The summed E-state index contributed by atoms with van der Waals surface area (Å²) in [6, 6.07) is -2.08. The lowest BCUT2D eigenvalue weighted by molar-refractivity contribution is -0.352. The predicted molar refractivity (Wildman–Crippen MR) is 112 cm³/mol. The Kier molecular flexibility index (Phi) is 9.49. The number of carbonyl (C=O) groups is 3. The lowest BCUT2D eigenvalue weighted by Crippen LogP contribution is -2.87. The third kappa shape index (κ3) is 4.73. The number of aliphatic carboxylic acids is 1. The molecule has 0 aromatic carbocycles. The summed E-state index contributed by atoms with van der Waals surface area (Å²) in [6.07, 6.45) is -16.1. The Labute approximate surface area is 204 Å². The summed E-state index contributed by atoms with van der Waals surface area (Å²) >= 11 is 0. The molecule has 0 saturated carbocycles. The van der Waals surface area contributed by atoms with Crippen LogP contribution in [0.25, 0.3) is 0 Å².